The van der Waals surface area contributed by atoms with Crippen LogP contribution >= 0.6 is 0 Å². The van der Waals surface area contributed by atoms with Crippen LogP contribution in [0.25, 0.3) is 0 Å². The van der Waals surface area contributed by atoms with E-state index in [0.29, 0.717) is 0 Å². The van der Waals surface area contributed by atoms with E-state index in [4.69, 9.17) is 5.73 Å². The van der Waals surface area contributed by atoms with E-state index in [-0.39, 0.29) is 11.8 Å². The quantitative estimate of drug-likeness (QED) is 0.629. The first-order chi connectivity index (χ1) is 8.59. The molecule has 1 saturated carbocycles. The molecule has 2 nitrogen and oxygen atoms in total. The lowest BCUT2D eigenvalue weighted by Crippen LogP contribution is -2.28. The molecule has 2 atom stereocenters. The molecule has 1 rings (SSSR count). The van der Waals surface area contributed by atoms with Crippen LogP contribution in [0.1, 0.15) is 78.1 Å². The Labute approximate surface area is 113 Å². The molecule has 0 aromatic heterocycles. The van der Waals surface area contributed by atoms with Gasteiger partial charge in [-0.1, -0.05) is 58.3 Å². The molecule has 2 heteroatoms. The van der Waals surface area contributed by atoms with Gasteiger partial charge in [-0.15, -0.1) is 0 Å². The lowest BCUT2D eigenvalue weighted by Gasteiger charge is -2.14. The molecular formula is C16H31NO. The predicted octanol–water partition coefficient (Wildman–Crippen LogP) is 4.07. The fourth-order valence-corrected chi connectivity index (χ4v) is 3.04. The van der Waals surface area contributed by atoms with E-state index in [2.05, 4.69) is 6.92 Å². The van der Waals surface area contributed by atoms with Gasteiger partial charge in [0.05, 0.1) is 6.04 Å². The molecule has 0 heterocycles. The van der Waals surface area contributed by atoms with Gasteiger partial charge in [0.1, 0.15) is 5.78 Å². The standard InChI is InChI=1S/C16H31NO/c1-13(11-12-16(17)14(2)18)7-3-4-8-15-9-5-6-10-15/h13,15-16H,3-12,17H2,1-2H3/t13-,16+/m1/s1. The van der Waals surface area contributed by atoms with Gasteiger partial charge in [-0.3, -0.25) is 4.79 Å². The number of ketones is 1. The van der Waals surface area contributed by atoms with E-state index >= 15 is 0 Å². The monoisotopic (exact) mass is 253 g/mol. The zero-order valence-corrected chi connectivity index (χ0v) is 12.3. The van der Waals surface area contributed by atoms with Gasteiger partial charge in [0.25, 0.3) is 0 Å². The minimum Gasteiger partial charge on any atom is -0.322 e. The highest BCUT2D eigenvalue weighted by Gasteiger charge is 2.14. The number of hydrogen-bond donors (Lipinski definition) is 1. The maximum Gasteiger partial charge on any atom is 0.146 e. The summed E-state index contributed by atoms with van der Waals surface area (Å²) in [4.78, 5) is 11.0. The van der Waals surface area contributed by atoms with Gasteiger partial charge in [0.2, 0.25) is 0 Å². The summed E-state index contributed by atoms with van der Waals surface area (Å²) in [6.07, 6.45) is 13.3. The van der Waals surface area contributed by atoms with Crippen molar-refractivity contribution in [1.29, 1.82) is 0 Å². The van der Waals surface area contributed by atoms with Crippen LogP contribution in [-0.4, -0.2) is 11.8 Å². The molecule has 18 heavy (non-hydrogen) atoms. The summed E-state index contributed by atoms with van der Waals surface area (Å²) in [6.45, 7) is 3.89. The fourth-order valence-electron chi connectivity index (χ4n) is 3.04. The van der Waals surface area contributed by atoms with Gasteiger partial charge in [-0.05, 0) is 31.6 Å². The molecule has 1 aliphatic carbocycles. The van der Waals surface area contributed by atoms with Crippen molar-refractivity contribution in [3.05, 3.63) is 0 Å². The zero-order chi connectivity index (χ0) is 13.4. The molecule has 0 aromatic carbocycles. The summed E-state index contributed by atoms with van der Waals surface area (Å²) in [5, 5.41) is 0. The van der Waals surface area contributed by atoms with Crippen molar-refractivity contribution in [2.45, 2.75) is 84.1 Å². The minimum absolute atomic E-state index is 0.128. The highest BCUT2D eigenvalue weighted by atomic mass is 16.1. The van der Waals surface area contributed by atoms with E-state index in [9.17, 15) is 4.79 Å². The summed E-state index contributed by atoms with van der Waals surface area (Å²) in [5.74, 6) is 1.88. The third-order valence-corrected chi connectivity index (χ3v) is 4.53. The lowest BCUT2D eigenvalue weighted by atomic mass is 9.93. The molecule has 0 bridgehead atoms. The Morgan fingerprint density at radius 3 is 2.44 bits per heavy atom. The second kappa shape index (κ2) is 8.68. The summed E-state index contributed by atoms with van der Waals surface area (Å²) in [6, 6.07) is -0.231. The highest BCUT2D eigenvalue weighted by Crippen LogP contribution is 2.29. The molecule has 0 saturated heterocycles. The third kappa shape index (κ3) is 6.53. The van der Waals surface area contributed by atoms with Crippen LogP contribution < -0.4 is 5.73 Å². The third-order valence-electron chi connectivity index (χ3n) is 4.53. The number of Topliss-reactive ketones (excluding diaryl/α,β-unsaturated/α-hetero) is 1. The van der Waals surface area contributed by atoms with Crippen LogP contribution in [0.15, 0.2) is 0 Å². The topological polar surface area (TPSA) is 43.1 Å². The van der Waals surface area contributed by atoms with Gasteiger partial charge >= 0.3 is 0 Å². The van der Waals surface area contributed by atoms with E-state index in [1.807, 2.05) is 0 Å². The molecule has 1 fully saturated rings. The highest BCUT2D eigenvalue weighted by molar-refractivity contribution is 5.81. The lowest BCUT2D eigenvalue weighted by molar-refractivity contribution is -0.118. The first-order valence-electron chi connectivity index (χ1n) is 7.85. The van der Waals surface area contributed by atoms with Gasteiger partial charge in [-0.25, -0.2) is 0 Å². The van der Waals surface area contributed by atoms with Gasteiger partial charge < -0.3 is 5.73 Å². The SMILES string of the molecule is CC(=O)[C@@H](N)CC[C@H](C)CCCCC1CCCC1. The molecule has 106 valence electrons. The molecule has 0 aliphatic heterocycles. The Morgan fingerprint density at radius 1 is 1.17 bits per heavy atom. The summed E-state index contributed by atoms with van der Waals surface area (Å²) in [5.41, 5.74) is 5.75. The van der Waals surface area contributed by atoms with Crippen LogP contribution in [0.5, 0.6) is 0 Å². The van der Waals surface area contributed by atoms with Gasteiger partial charge in [0, 0.05) is 0 Å². The zero-order valence-electron chi connectivity index (χ0n) is 12.3. The largest absolute Gasteiger partial charge is 0.322 e. The second-order valence-electron chi connectivity index (χ2n) is 6.33. The fraction of sp³-hybridized carbons (Fsp3) is 0.938. The molecule has 0 unspecified atom stereocenters. The van der Waals surface area contributed by atoms with Crippen LogP contribution in [-0.2, 0) is 4.79 Å². The number of unbranched alkanes of at least 4 members (excludes halogenated alkanes) is 1. The van der Waals surface area contributed by atoms with E-state index in [1.54, 1.807) is 6.92 Å². The van der Waals surface area contributed by atoms with E-state index < -0.39 is 0 Å². The maximum atomic E-state index is 11.0. The number of rotatable bonds is 9. The summed E-state index contributed by atoms with van der Waals surface area (Å²) >= 11 is 0. The molecule has 1 aliphatic rings. The molecule has 0 aromatic rings. The van der Waals surface area contributed by atoms with Crippen molar-refractivity contribution < 1.29 is 4.79 Å². The number of hydrogen-bond acceptors (Lipinski definition) is 2. The van der Waals surface area contributed by atoms with E-state index in [1.165, 1.54) is 51.4 Å². The molecular weight excluding hydrogens is 222 g/mol. The first kappa shape index (κ1) is 15.7. The van der Waals surface area contributed by atoms with Crippen molar-refractivity contribution in [2.75, 3.05) is 0 Å². The predicted molar refractivity (Wildman–Crippen MR) is 77.5 cm³/mol. The molecule has 0 spiro atoms. The Balaban J connectivity index is 1.95. The Hall–Kier alpha value is -0.370. The second-order valence-corrected chi connectivity index (χ2v) is 6.33. The smallest absolute Gasteiger partial charge is 0.146 e. The van der Waals surface area contributed by atoms with Crippen molar-refractivity contribution in [3.63, 3.8) is 0 Å². The van der Waals surface area contributed by atoms with Crippen LogP contribution in [0, 0.1) is 11.8 Å². The molecule has 2 N–H and O–H groups in total. The first-order valence-corrected chi connectivity index (χ1v) is 7.85. The van der Waals surface area contributed by atoms with Crippen LogP contribution in [0.3, 0.4) is 0 Å². The van der Waals surface area contributed by atoms with Crippen LogP contribution in [0.4, 0.5) is 0 Å². The number of carbonyl (C=O) groups excluding carboxylic acids is 1. The summed E-state index contributed by atoms with van der Waals surface area (Å²) < 4.78 is 0. The van der Waals surface area contributed by atoms with Crippen molar-refractivity contribution in [2.24, 2.45) is 17.6 Å². The summed E-state index contributed by atoms with van der Waals surface area (Å²) in [7, 11) is 0. The average Bonchev–Trinajstić information content (AvgIpc) is 2.84. The minimum atomic E-state index is -0.231. The normalized spacial score (nSPS) is 19.9. The number of carbonyl (C=O) groups is 1. The Kier molecular flexibility index (Phi) is 7.57. The van der Waals surface area contributed by atoms with Crippen LogP contribution in [0.2, 0.25) is 0 Å². The Bertz CT molecular complexity index is 233. The van der Waals surface area contributed by atoms with E-state index in [0.717, 1.165) is 24.7 Å². The van der Waals surface area contributed by atoms with Crippen molar-refractivity contribution in [3.8, 4) is 0 Å². The van der Waals surface area contributed by atoms with Gasteiger partial charge in [-0.2, -0.15) is 0 Å². The van der Waals surface area contributed by atoms with Crippen molar-refractivity contribution >= 4 is 5.78 Å². The average molecular weight is 253 g/mol. The molecule has 0 amide bonds. The van der Waals surface area contributed by atoms with Crippen molar-refractivity contribution in [1.82, 2.24) is 0 Å². The number of nitrogens with two attached hydrogens (primary N) is 1. The Morgan fingerprint density at radius 2 is 1.83 bits per heavy atom. The molecule has 0 radical (unpaired) electrons. The van der Waals surface area contributed by atoms with Gasteiger partial charge in [0.15, 0.2) is 0 Å². The maximum absolute atomic E-state index is 11.0.